The topological polar surface area (TPSA) is 71.3 Å². The first kappa shape index (κ1) is 22.5. The highest BCUT2D eigenvalue weighted by Gasteiger charge is 2.18. The number of anilines is 1. The summed E-state index contributed by atoms with van der Waals surface area (Å²) in [5.74, 6) is 0.910. The molecule has 2 heterocycles. The molecule has 0 bridgehead atoms. The number of carbonyl (C=O) groups is 1. The largest absolute Gasteiger partial charge is 0.339 e. The number of carbonyl (C=O) groups excluding carboxylic acids is 1. The van der Waals surface area contributed by atoms with Crippen LogP contribution >= 0.6 is 23.2 Å². The van der Waals surface area contributed by atoms with Crippen molar-refractivity contribution in [3.63, 3.8) is 0 Å². The fourth-order valence-corrected chi connectivity index (χ4v) is 3.96. The molecular formula is C24H24Cl2N4O2. The van der Waals surface area contributed by atoms with Crippen LogP contribution in [-0.4, -0.2) is 34.0 Å². The molecule has 1 amide bonds. The SMILES string of the molecule is Cc1ccc(NC(=O)CCc2nc(C3=CCN(Cc4ccc(Cl)cc4)CC3)no2)c(Cl)c1. The van der Waals surface area contributed by atoms with Crippen LogP contribution in [0.2, 0.25) is 10.0 Å². The van der Waals surface area contributed by atoms with E-state index in [2.05, 4.69) is 38.6 Å². The molecule has 4 rings (SSSR count). The molecule has 2 aromatic carbocycles. The second-order valence-electron chi connectivity index (χ2n) is 7.88. The van der Waals surface area contributed by atoms with Crippen LogP contribution in [0.5, 0.6) is 0 Å². The number of aryl methyl sites for hydroxylation is 2. The number of halogens is 2. The van der Waals surface area contributed by atoms with E-state index in [-0.39, 0.29) is 12.3 Å². The van der Waals surface area contributed by atoms with E-state index >= 15 is 0 Å². The Morgan fingerprint density at radius 2 is 2.00 bits per heavy atom. The van der Waals surface area contributed by atoms with Crippen molar-refractivity contribution < 1.29 is 9.32 Å². The third kappa shape index (κ3) is 5.97. The molecule has 1 N–H and O–H groups in total. The molecule has 0 fully saturated rings. The molecule has 1 aromatic heterocycles. The van der Waals surface area contributed by atoms with Gasteiger partial charge in [0.2, 0.25) is 11.8 Å². The molecular weight excluding hydrogens is 447 g/mol. The number of hydrogen-bond donors (Lipinski definition) is 1. The summed E-state index contributed by atoms with van der Waals surface area (Å²) >= 11 is 12.1. The number of rotatable bonds is 7. The maximum Gasteiger partial charge on any atom is 0.227 e. The Morgan fingerprint density at radius 1 is 1.19 bits per heavy atom. The molecule has 0 atom stereocenters. The van der Waals surface area contributed by atoms with Crippen molar-refractivity contribution in [3.8, 4) is 0 Å². The molecule has 32 heavy (non-hydrogen) atoms. The first-order valence-electron chi connectivity index (χ1n) is 10.5. The number of aromatic nitrogens is 2. The van der Waals surface area contributed by atoms with Gasteiger partial charge in [-0.05, 0) is 54.3 Å². The van der Waals surface area contributed by atoms with Gasteiger partial charge in [0.15, 0.2) is 5.82 Å². The summed E-state index contributed by atoms with van der Waals surface area (Å²) < 4.78 is 5.36. The minimum absolute atomic E-state index is 0.148. The smallest absolute Gasteiger partial charge is 0.227 e. The quantitative estimate of drug-likeness (QED) is 0.490. The highest BCUT2D eigenvalue weighted by Crippen LogP contribution is 2.24. The van der Waals surface area contributed by atoms with Crippen LogP contribution in [0.1, 0.15) is 35.7 Å². The van der Waals surface area contributed by atoms with Gasteiger partial charge in [0.25, 0.3) is 0 Å². The van der Waals surface area contributed by atoms with Crippen molar-refractivity contribution >= 4 is 40.4 Å². The van der Waals surface area contributed by atoms with Crippen molar-refractivity contribution in [1.29, 1.82) is 0 Å². The monoisotopic (exact) mass is 470 g/mol. The summed E-state index contributed by atoms with van der Waals surface area (Å²) in [5, 5.41) is 8.19. The highest BCUT2D eigenvalue weighted by molar-refractivity contribution is 6.33. The zero-order valence-corrected chi connectivity index (χ0v) is 19.3. The summed E-state index contributed by atoms with van der Waals surface area (Å²) in [7, 11) is 0. The fraction of sp³-hybridized carbons (Fsp3) is 0.292. The third-order valence-electron chi connectivity index (χ3n) is 5.33. The van der Waals surface area contributed by atoms with Gasteiger partial charge in [0.1, 0.15) is 0 Å². The molecule has 0 spiro atoms. The van der Waals surface area contributed by atoms with Crippen LogP contribution in [0.15, 0.2) is 53.1 Å². The van der Waals surface area contributed by atoms with Gasteiger partial charge in [-0.3, -0.25) is 9.69 Å². The van der Waals surface area contributed by atoms with Crippen LogP contribution in [0, 0.1) is 6.92 Å². The van der Waals surface area contributed by atoms with E-state index in [0.29, 0.717) is 28.8 Å². The maximum absolute atomic E-state index is 12.3. The molecule has 0 saturated heterocycles. The lowest BCUT2D eigenvalue weighted by atomic mass is 10.1. The van der Waals surface area contributed by atoms with Crippen molar-refractivity contribution in [3.05, 3.63) is 81.4 Å². The lowest BCUT2D eigenvalue weighted by molar-refractivity contribution is -0.116. The predicted molar refractivity (Wildman–Crippen MR) is 127 cm³/mol. The van der Waals surface area contributed by atoms with E-state index in [1.54, 1.807) is 6.07 Å². The van der Waals surface area contributed by atoms with Crippen LogP contribution in [0.25, 0.3) is 5.57 Å². The zero-order valence-electron chi connectivity index (χ0n) is 17.8. The molecule has 1 aliphatic heterocycles. The molecule has 1 aliphatic rings. The number of hydrogen-bond acceptors (Lipinski definition) is 5. The summed E-state index contributed by atoms with van der Waals surface area (Å²) in [6.45, 7) is 4.56. The third-order valence-corrected chi connectivity index (χ3v) is 5.90. The lowest BCUT2D eigenvalue weighted by Gasteiger charge is -2.25. The highest BCUT2D eigenvalue weighted by atomic mass is 35.5. The Hall–Kier alpha value is -2.67. The summed E-state index contributed by atoms with van der Waals surface area (Å²) in [6.07, 6.45) is 3.59. The Morgan fingerprint density at radius 3 is 2.72 bits per heavy atom. The minimum Gasteiger partial charge on any atom is -0.339 e. The van der Waals surface area contributed by atoms with Gasteiger partial charge in [0, 0.05) is 37.5 Å². The van der Waals surface area contributed by atoms with Gasteiger partial charge in [0.05, 0.1) is 10.7 Å². The molecule has 166 valence electrons. The fourth-order valence-electron chi connectivity index (χ4n) is 3.55. The zero-order chi connectivity index (χ0) is 22.5. The van der Waals surface area contributed by atoms with E-state index in [1.807, 2.05) is 31.2 Å². The minimum atomic E-state index is -0.148. The average molecular weight is 471 g/mol. The predicted octanol–water partition coefficient (Wildman–Crippen LogP) is 5.55. The van der Waals surface area contributed by atoms with Gasteiger partial charge in [-0.15, -0.1) is 0 Å². The van der Waals surface area contributed by atoms with Crippen molar-refractivity contribution in [2.75, 3.05) is 18.4 Å². The number of benzene rings is 2. The van der Waals surface area contributed by atoms with E-state index < -0.39 is 0 Å². The number of amides is 1. The second kappa shape index (κ2) is 10.3. The molecule has 3 aromatic rings. The number of nitrogens with zero attached hydrogens (tertiary/aromatic N) is 3. The van der Waals surface area contributed by atoms with Crippen LogP contribution in [0.4, 0.5) is 5.69 Å². The van der Waals surface area contributed by atoms with Crippen LogP contribution in [-0.2, 0) is 17.8 Å². The van der Waals surface area contributed by atoms with E-state index in [0.717, 1.165) is 42.2 Å². The van der Waals surface area contributed by atoms with Gasteiger partial charge in [-0.1, -0.05) is 52.6 Å². The first-order chi connectivity index (χ1) is 15.5. The molecule has 0 saturated carbocycles. The summed E-state index contributed by atoms with van der Waals surface area (Å²) in [5.41, 5.74) is 3.95. The van der Waals surface area contributed by atoms with Gasteiger partial charge in [-0.2, -0.15) is 4.98 Å². The molecule has 0 radical (unpaired) electrons. The molecule has 6 nitrogen and oxygen atoms in total. The molecule has 0 unspecified atom stereocenters. The van der Waals surface area contributed by atoms with Gasteiger partial charge in [-0.25, -0.2) is 0 Å². The van der Waals surface area contributed by atoms with Gasteiger partial charge >= 0.3 is 0 Å². The standard InChI is InChI=1S/C24H24Cl2N4O2/c1-16-2-7-21(20(26)14-16)27-22(31)8-9-23-28-24(29-32-23)18-10-12-30(13-11-18)15-17-3-5-19(25)6-4-17/h2-7,10,14H,8-9,11-13,15H2,1H3,(H,27,31). The van der Waals surface area contributed by atoms with E-state index in [1.165, 1.54) is 5.56 Å². The summed E-state index contributed by atoms with van der Waals surface area (Å²) in [6, 6.07) is 13.4. The van der Waals surface area contributed by atoms with Crippen molar-refractivity contribution in [2.45, 2.75) is 32.7 Å². The Labute approximate surface area is 197 Å². The van der Waals surface area contributed by atoms with E-state index in [9.17, 15) is 4.79 Å². The average Bonchev–Trinajstić information content (AvgIpc) is 3.26. The summed E-state index contributed by atoms with van der Waals surface area (Å²) in [4.78, 5) is 19.1. The van der Waals surface area contributed by atoms with Crippen LogP contribution < -0.4 is 5.32 Å². The second-order valence-corrected chi connectivity index (χ2v) is 8.73. The maximum atomic E-state index is 12.3. The first-order valence-corrected chi connectivity index (χ1v) is 11.3. The lowest BCUT2D eigenvalue weighted by Crippen LogP contribution is -2.28. The van der Waals surface area contributed by atoms with Crippen LogP contribution in [0.3, 0.4) is 0 Å². The normalized spacial score (nSPS) is 14.3. The van der Waals surface area contributed by atoms with E-state index in [4.69, 9.17) is 27.7 Å². The Balaban J connectivity index is 1.27. The van der Waals surface area contributed by atoms with Crippen molar-refractivity contribution in [1.82, 2.24) is 15.0 Å². The Kier molecular flexibility index (Phi) is 7.25. The van der Waals surface area contributed by atoms with Crippen molar-refractivity contribution in [2.24, 2.45) is 0 Å². The Bertz CT molecular complexity index is 1130. The van der Waals surface area contributed by atoms with Gasteiger partial charge < -0.3 is 9.84 Å². The number of nitrogens with one attached hydrogen (secondary N) is 1. The molecule has 8 heteroatoms. The molecule has 0 aliphatic carbocycles.